The molecular weight excluding hydrogens is 262 g/mol. The largest absolute Gasteiger partial charge is 0.493 e. The molecule has 0 saturated heterocycles. The summed E-state index contributed by atoms with van der Waals surface area (Å²) in [6.45, 7) is 14.2. The summed E-state index contributed by atoms with van der Waals surface area (Å²) in [5, 5.41) is 3.52. The van der Waals surface area contributed by atoms with Crippen molar-refractivity contribution >= 4 is 0 Å². The van der Waals surface area contributed by atoms with Gasteiger partial charge in [-0.1, -0.05) is 18.2 Å². The Morgan fingerprint density at radius 3 is 2.33 bits per heavy atom. The molecule has 120 valence electrons. The standard InChI is InChI=1S/C18H31NO2/c1-14-9-8-10-15(13-19-17(2,3)4)16(14)21-12-11-18(5,6)20-7/h8-10,19H,11-13H2,1-7H3. The van der Waals surface area contributed by atoms with Crippen molar-refractivity contribution in [2.75, 3.05) is 13.7 Å². The number of benzene rings is 1. The quantitative estimate of drug-likeness (QED) is 0.822. The summed E-state index contributed by atoms with van der Waals surface area (Å²) >= 11 is 0. The lowest BCUT2D eigenvalue weighted by Crippen LogP contribution is -2.35. The summed E-state index contributed by atoms with van der Waals surface area (Å²) in [5.74, 6) is 1.00. The fourth-order valence-electron chi connectivity index (χ4n) is 1.92. The van der Waals surface area contributed by atoms with Gasteiger partial charge in [0.25, 0.3) is 0 Å². The Bertz CT molecular complexity index is 447. The molecule has 1 rings (SSSR count). The third-order valence-corrected chi connectivity index (χ3v) is 3.61. The number of rotatable bonds is 7. The molecule has 0 aliphatic rings. The van der Waals surface area contributed by atoms with Crippen LogP contribution >= 0.6 is 0 Å². The molecule has 21 heavy (non-hydrogen) atoms. The molecule has 0 aliphatic carbocycles. The summed E-state index contributed by atoms with van der Waals surface area (Å²) in [6, 6.07) is 6.31. The fraction of sp³-hybridized carbons (Fsp3) is 0.667. The Hall–Kier alpha value is -1.06. The van der Waals surface area contributed by atoms with Crippen LogP contribution in [0.2, 0.25) is 0 Å². The highest BCUT2D eigenvalue weighted by molar-refractivity contribution is 5.40. The fourth-order valence-corrected chi connectivity index (χ4v) is 1.92. The van der Waals surface area contributed by atoms with Crippen molar-refractivity contribution in [2.45, 2.75) is 65.6 Å². The van der Waals surface area contributed by atoms with Crippen LogP contribution in [-0.2, 0) is 11.3 Å². The molecule has 1 N–H and O–H groups in total. The highest BCUT2D eigenvalue weighted by Crippen LogP contribution is 2.25. The Morgan fingerprint density at radius 2 is 1.76 bits per heavy atom. The van der Waals surface area contributed by atoms with Gasteiger partial charge >= 0.3 is 0 Å². The Morgan fingerprint density at radius 1 is 1.10 bits per heavy atom. The monoisotopic (exact) mass is 293 g/mol. The zero-order valence-corrected chi connectivity index (χ0v) is 14.7. The van der Waals surface area contributed by atoms with Gasteiger partial charge in [0, 0.05) is 31.2 Å². The first kappa shape index (κ1) is 18.0. The third-order valence-electron chi connectivity index (χ3n) is 3.61. The normalized spacial score (nSPS) is 12.5. The number of nitrogens with one attached hydrogen (secondary N) is 1. The molecule has 3 nitrogen and oxygen atoms in total. The molecule has 1 aromatic rings. The zero-order chi connectivity index (χ0) is 16.1. The number of para-hydroxylation sites is 1. The summed E-state index contributed by atoms with van der Waals surface area (Å²) in [7, 11) is 1.74. The van der Waals surface area contributed by atoms with Crippen LogP contribution in [0.5, 0.6) is 5.75 Å². The van der Waals surface area contributed by atoms with Crippen LogP contribution in [0.15, 0.2) is 18.2 Å². The molecule has 0 bridgehead atoms. The van der Waals surface area contributed by atoms with Crippen molar-refractivity contribution < 1.29 is 9.47 Å². The molecule has 0 aromatic heterocycles. The molecule has 0 aliphatic heterocycles. The molecule has 0 unspecified atom stereocenters. The molecule has 0 saturated carbocycles. The molecule has 0 heterocycles. The lowest BCUT2D eigenvalue weighted by molar-refractivity contribution is 0.00531. The molecule has 0 spiro atoms. The van der Waals surface area contributed by atoms with Gasteiger partial charge in [0.15, 0.2) is 0 Å². The van der Waals surface area contributed by atoms with Gasteiger partial charge in [-0.2, -0.15) is 0 Å². The van der Waals surface area contributed by atoms with Crippen molar-refractivity contribution in [1.82, 2.24) is 5.32 Å². The minimum absolute atomic E-state index is 0.0963. The molecule has 0 fully saturated rings. The van der Waals surface area contributed by atoms with Gasteiger partial charge in [0.1, 0.15) is 5.75 Å². The summed E-state index contributed by atoms with van der Waals surface area (Å²) < 4.78 is 11.5. The predicted octanol–water partition coefficient (Wildman–Crippen LogP) is 4.08. The van der Waals surface area contributed by atoms with Gasteiger partial charge in [-0.25, -0.2) is 0 Å². The van der Waals surface area contributed by atoms with E-state index in [0.717, 1.165) is 18.7 Å². The van der Waals surface area contributed by atoms with E-state index >= 15 is 0 Å². The SMILES string of the molecule is COC(C)(C)CCOc1c(C)cccc1CNC(C)(C)C. The van der Waals surface area contributed by atoms with Crippen molar-refractivity contribution in [3.8, 4) is 5.75 Å². The maximum Gasteiger partial charge on any atom is 0.126 e. The van der Waals surface area contributed by atoms with E-state index in [1.807, 2.05) is 0 Å². The van der Waals surface area contributed by atoms with Crippen molar-refractivity contribution in [1.29, 1.82) is 0 Å². The van der Waals surface area contributed by atoms with E-state index in [0.29, 0.717) is 6.61 Å². The minimum Gasteiger partial charge on any atom is -0.493 e. The first-order chi connectivity index (χ1) is 9.64. The van der Waals surface area contributed by atoms with E-state index in [1.165, 1.54) is 11.1 Å². The number of methoxy groups -OCH3 is 1. The second-order valence-electron chi connectivity index (χ2n) is 7.23. The molecule has 0 atom stereocenters. The summed E-state index contributed by atoms with van der Waals surface area (Å²) in [5.41, 5.74) is 2.34. The minimum atomic E-state index is -0.146. The first-order valence-corrected chi connectivity index (χ1v) is 7.66. The Labute approximate surface area is 130 Å². The lowest BCUT2D eigenvalue weighted by atomic mass is 10.1. The van der Waals surface area contributed by atoms with E-state index < -0.39 is 0 Å². The Kier molecular flexibility index (Phi) is 6.24. The highest BCUT2D eigenvalue weighted by atomic mass is 16.5. The zero-order valence-electron chi connectivity index (χ0n) is 14.7. The van der Waals surface area contributed by atoms with Crippen molar-refractivity contribution in [3.05, 3.63) is 29.3 Å². The van der Waals surface area contributed by atoms with Gasteiger partial charge in [-0.15, -0.1) is 0 Å². The highest BCUT2D eigenvalue weighted by Gasteiger charge is 2.17. The second-order valence-corrected chi connectivity index (χ2v) is 7.23. The third kappa shape index (κ3) is 6.49. The van der Waals surface area contributed by atoms with Crippen LogP contribution in [0.25, 0.3) is 0 Å². The van der Waals surface area contributed by atoms with E-state index in [4.69, 9.17) is 9.47 Å². The molecule has 0 amide bonds. The van der Waals surface area contributed by atoms with Crippen LogP contribution in [0, 0.1) is 6.92 Å². The van der Waals surface area contributed by atoms with E-state index in [-0.39, 0.29) is 11.1 Å². The maximum absolute atomic E-state index is 6.05. The van der Waals surface area contributed by atoms with Crippen LogP contribution in [0.1, 0.15) is 52.2 Å². The van der Waals surface area contributed by atoms with Crippen LogP contribution in [-0.4, -0.2) is 24.9 Å². The number of aryl methyl sites for hydroxylation is 1. The molecule has 3 heteroatoms. The smallest absolute Gasteiger partial charge is 0.126 e. The average molecular weight is 293 g/mol. The topological polar surface area (TPSA) is 30.5 Å². The molecule has 0 radical (unpaired) electrons. The molecule has 1 aromatic carbocycles. The lowest BCUT2D eigenvalue weighted by Gasteiger charge is -2.24. The first-order valence-electron chi connectivity index (χ1n) is 7.66. The number of ether oxygens (including phenoxy) is 2. The predicted molar refractivity (Wildman–Crippen MR) is 89.0 cm³/mol. The molecular formula is C18H31NO2. The van der Waals surface area contributed by atoms with Crippen molar-refractivity contribution in [2.24, 2.45) is 0 Å². The van der Waals surface area contributed by atoms with Crippen LogP contribution in [0.4, 0.5) is 0 Å². The number of hydrogen-bond donors (Lipinski definition) is 1. The van der Waals surface area contributed by atoms with E-state index in [2.05, 4.69) is 65.1 Å². The van der Waals surface area contributed by atoms with E-state index in [9.17, 15) is 0 Å². The second kappa shape index (κ2) is 7.28. The Balaban J connectivity index is 2.72. The van der Waals surface area contributed by atoms with Gasteiger partial charge in [0.05, 0.1) is 12.2 Å². The average Bonchev–Trinajstić information content (AvgIpc) is 2.38. The van der Waals surface area contributed by atoms with Gasteiger partial charge < -0.3 is 14.8 Å². The summed E-state index contributed by atoms with van der Waals surface area (Å²) in [6.07, 6.45) is 0.865. The van der Waals surface area contributed by atoms with Gasteiger partial charge in [-0.3, -0.25) is 0 Å². The van der Waals surface area contributed by atoms with Crippen molar-refractivity contribution in [3.63, 3.8) is 0 Å². The van der Waals surface area contributed by atoms with Crippen LogP contribution in [0.3, 0.4) is 0 Å². The summed E-state index contributed by atoms with van der Waals surface area (Å²) in [4.78, 5) is 0. The van der Waals surface area contributed by atoms with Gasteiger partial charge in [-0.05, 0) is 47.1 Å². The maximum atomic E-state index is 6.05. The van der Waals surface area contributed by atoms with Crippen LogP contribution < -0.4 is 10.1 Å². The van der Waals surface area contributed by atoms with Gasteiger partial charge in [0.2, 0.25) is 0 Å². The van der Waals surface area contributed by atoms with E-state index in [1.54, 1.807) is 7.11 Å². The number of hydrogen-bond acceptors (Lipinski definition) is 3.